The van der Waals surface area contributed by atoms with Gasteiger partial charge in [-0.3, -0.25) is 4.79 Å². The van der Waals surface area contributed by atoms with Crippen molar-refractivity contribution in [2.45, 2.75) is 32.4 Å². The summed E-state index contributed by atoms with van der Waals surface area (Å²) >= 11 is 5.90. The standard InChI is InChI=1S/C13H18ClNO2/c1-9(15-13(16)10(2)17-3)7-11-5-4-6-12(14)8-11/h4-6,8-10H,7H2,1-3H3,(H,15,16). The maximum Gasteiger partial charge on any atom is 0.249 e. The van der Waals surface area contributed by atoms with E-state index in [9.17, 15) is 4.79 Å². The molecule has 1 aromatic carbocycles. The molecule has 0 aliphatic heterocycles. The molecule has 0 saturated heterocycles. The first kappa shape index (κ1) is 14.0. The Kier molecular flexibility index (Phi) is 5.45. The molecule has 94 valence electrons. The van der Waals surface area contributed by atoms with Gasteiger partial charge in [0.2, 0.25) is 5.91 Å². The molecule has 0 spiro atoms. The van der Waals surface area contributed by atoms with Crippen molar-refractivity contribution in [3.63, 3.8) is 0 Å². The number of halogens is 1. The molecule has 0 aliphatic carbocycles. The van der Waals surface area contributed by atoms with Crippen molar-refractivity contribution < 1.29 is 9.53 Å². The number of methoxy groups -OCH3 is 1. The fourth-order valence-electron chi connectivity index (χ4n) is 1.54. The smallest absolute Gasteiger partial charge is 0.249 e. The van der Waals surface area contributed by atoms with E-state index in [1.165, 1.54) is 7.11 Å². The number of carbonyl (C=O) groups excluding carboxylic acids is 1. The van der Waals surface area contributed by atoms with Crippen molar-refractivity contribution in [3.8, 4) is 0 Å². The zero-order chi connectivity index (χ0) is 12.8. The topological polar surface area (TPSA) is 38.3 Å². The number of hydrogen-bond acceptors (Lipinski definition) is 2. The quantitative estimate of drug-likeness (QED) is 0.878. The van der Waals surface area contributed by atoms with E-state index in [2.05, 4.69) is 5.32 Å². The van der Waals surface area contributed by atoms with Crippen LogP contribution in [0.1, 0.15) is 19.4 Å². The van der Waals surface area contributed by atoms with Gasteiger partial charge in [-0.05, 0) is 38.0 Å². The lowest BCUT2D eigenvalue weighted by molar-refractivity contribution is -0.130. The fraction of sp³-hybridized carbons (Fsp3) is 0.462. The first-order chi connectivity index (χ1) is 8.02. The zero-order valence-corrected chi connectivity index (χ0v) is 11.1. The summed E-state index contributed by atoms with van der Waals surface area (Å²) in [6, 6.07) is 7.70. The fourth-order valence-corrected chi connectivity index (χ4v) is 1.75. The third-order valence-corrected chi connectivity index (χ3v) is 2.78. The number of hydrogen-bond donors (Lipinski definition) is 1. The Hall–Kier alpha value is -1.06. The predicted molar refractivity (Wildman–Crippen MR) is 69.2 cm³/mol. The molecule has 0 saturated carbocycles. The summed E-state index contributed by atoms with van der Waals surface area (Å²) in [6.07, 6.45) is 0.333. The number of amides is 1. The van der Waals surface area contributed by atoms with Crippen molar-refractivity contribution in [3.05, 3.63) is 34.9 Å². The first-order valence-corrected chi connectivity index (χ1v) is 5.98. The van der Waals surface area contributed by atoms with E-state index in [1.807, 2.05) is 31.2 Å². The van der Waals surface area contributed by atoms with E-state index < -0.39 is 6.10 Å². The summed E-state index contributed by atoms with van der Waals surface area (Å²) in [5, 5.41) is 3.61. The average Bonchev–Trinajstić information content (AvgIpc) is 2.27. The number of carbonyl (C=O) groups is 1. The minimum Gasteiger partial charge on any atom is -0.372 e. The molecule has 4 heteroatoms. The monoisotopic (exact) mass is 255 g/mol. The lowest BCUT2D eigenvalue weighted by Gasteiger charge is -2.16. The van der Waals surface area contributed by atoms with Crippen LogP contribution in [0.3, 0.4) is 0 Å². The van der Waals surface area contributed by atoms with Gasteiger partial charge in [-0.1, -0.05) is 23.7 Å². The lowest BCUT2D eigenvalue weighted by atomic mass is 10.1. The van der Waals surface area contributed by atoms with Crippen LogP contribution in [0.25, 0.3) is 0 Å². The maximum absolute atomic E-state index is 11.6. The molecule has 0 heterocycles. The normalized spacial score (nSPS) is 14.1. The van der Waals surface area contributed by atoms with Gasteiger partial charge in [-0.25, -0.2) is 0 Å². The molecule has 3 nitrogen and oxygen atoms in total. The largest absolute Gasteiger partial charge is 0.372 e. The van der Waals surface area contributed by atoms with Crippen LogP contribution in [0.5, 0.6) is 0 Å². The summed E-state index contributed by atoms with van der Waals surface area (Å²) in [5.41, 5.74) is 1.11. The van der Waals surface area contributed by atoms with Crippen molar-refractivity contribution in [2.75, 3.05) is 7.11 Å². The van der Waals surface area contributed by atoms with Crippen LogP contribution in [0, 0.1) is 0 Å². The second kappa shape index (κ2) is 6.62. The molecular weight excluding hydrogens is 238 g/mol. The molecule has 2 atom stereocenters. The number of nitrogens with one attached hydrogen (secondary N) is 1. The SMILES string of the molecule is COC(C)C(=O)NC(C)Cc1cccc(Cl)c1. The van der Waals surface area contributed by atoms with Crippen LogP contribution in [-0.2, 0) is 16.0 Å². The van der Waals surface area contributed by atoms with Gasteiger partial charge in [-0.2, -0.15) is 0 Å². The Bertz CT molecular complexity index is 381. The number of ether oxygens (including phenoxy) is 1. The van der Waals surface area contributed by atoms with Crippen LogP contribution in [-0.4, -0.2) is 25.2 Å². The van der Waals surface area contributed by atoms with Gasteiger partial charge in [-0.15, -0.1) is 0 Å². The van der Waals surface area contributed by atoms with Crippen molar-refractivity contribution >= 4 is 17.5 Å². The minimum atomic E-state index is -0.420. The van der Waals surface area contributed by atoms with E-state index in [4.69, 9.17) is 16.3 Å². The third kappa shape index (κ3) is 4.75. The Balaban J connectivity index is 2.50. The third-order valence-electron chi connectivity index (χ3n) is 2.54. The van der Waals surface area contributed by atoms with Crippen LogP contribution < -0.4 is 5.32 Å². The van der Waals surface area contributed by atoms with Crippen LogP contribution in [0.4, 0.5) is 0 Å². The summed E-state index contributed by atoms with van der Waals surface area (Å²) in [5.74, 6) is -0.0953. The first-order valence-electron chi connectivity index (χ1n) is 5.60. The second-order valence-corrected chi connectivity index (χ2v) is 4.56. The van der Waals surface area contributed by atoms with E-state index >= 15 is 0 Å². The summed E-state index contributed by atoms with van der Waals surface area (Å²) in [6.45, 7) is 3.68. The molecule has 1 N–H and O–H groups in total. The Morgan fingerprint density at radius 2 is 2.18 bits per heavy atom. The summed E-state index contributed by atoms with van der Waals surface area (Å²) < 4.78 is 4.95. The summed E-state index contributed by atoms with van der Waals surface area (Å²) in [7, 11) is 1.52. The average molecular weight is 256 g/mol. The number of rotatable bonds is 5. The Labute approximate surface area is 107 Å². The highest BCUT2D eigenvalue weighted by molar-refractivity contribution is 6.30. The van der Waals surface area contributed by atoms with Gasteiger partial charge in [0.25, 0.3) is 0 Å². The molecular formula is C13H18ClNO2. The second-order valence-electron chi connectivity index (χ2n) is 4.12. The molecule has 1 amide bonds. The molecule has 0 aromatic heterocycles. The van der Waals surface area contributed by atoms with Gasteiger partial charge in [0.1, 0.15) is 6.10 Å². The predicted octanol–water partition coefficient (Wildman–Crippen LogP) is 2.42. The van der Waals surface area contributed by atoms with Crippen LogP contribution >= 0.6 is 11.6 Å². The van der Waals surface area contributed by atoms with Crippen molar-refractivity contribution in [1.29, 1.82) is 0 Å². The lowest BCUT2D eigenvalue weighted by Crippen LogP contribution is -2.40. The molecule has 0 radical (unpaired) electrons. The highest BCUT2D eigenvalue weighted by Crippen LogP contribution is 2.12. The van der Waals surface area contributed by atoms with Crippen molar-refractivity contribution in [1.82, 2.24) is 5.32 Å². The summed E-state index contributed by atoms with van der Waals surface area (Å²) in [4.78, 5) is 11.6. The van der Waals surface area contributed by atoms with E-state index in [0.717, 1.165) is 12.0 Å². The molecule has 2 unspecified atom stereocenters. The van der Waals surface area contributed by atoms with E-state index in [-0.39, 0.29) is 11.9 Å². The van der Waals surface area contributed by atoms with Crippen LogP contribution in [0.2, 0.25) is 5.02 Å². The molecule has 0 fully saturated rings. The molecule has 0 aliphatic rings. The van der Waals surface area contributed by atoms with Gasteiger partial charge >= 0.3 is 0 Å². The number of benzene rings is 1. The van der Waals surface area contributed by atoms with Gasteiger partial charge in [0.05, 0.1) is 0 Å². The van der Waals surface area contributed by atoms with E-state index in [1.54, 1.807) is 6.92 Å². The zero-order valence-electron chi connectivity index (χ0n) is 10.4. The van der Waals surface area contributed by atoms with Gasteiger partial charge < -0.3 is 10.1 Å². The molecule has 1 rings (SSSR count). The van der Waals surface area contributed by atoms with Gasteiger partial charge in [0, 0.05) is 18.2 Å². The highest BCUT2D eigenvalue weighted by atomic mass is 35.5. The van der Waals surface area contributed by atoms with Crippen LogP contribution in [0.15, 0.2) is 24.3 Å². The Morgan fingerprint density at radius 3 is 2.76 bits per heavy atom. The molecule has 1 aromatic rings. The highest BCUT2D eigenvalue weighted by Gasteiger charge is 2.14. The van der Waals surface area contributed by atoms with Gasteiger partial charge in [0.15, 0.2) is 0 Å². The molecule has 0 bridgehead atoms. The van der Waals surface area contributed by atoms with E-state index in [0.29, 0.717) is 5.02 Å². The maximum atomic E-state index is 11.6. The van der Waals surface area contributed by atoms with Crippen molar-refractivity contribution in [2.24, 2.45) is 0 Å². The Morgan fingerprint density at radius 1 is 1.47 bits per heavy atom. The molecule has 17 heavy (non-hydrogen) atoms. The minimum absolute atomic E-state index is 0.0542.